The number of halogens is 1. The summed E-state index contributed by atoms with van der Waals surface area (Å²) in [7, 11) is 1.61. The smallest absolute Gasteiger partial charge is 0.276 e. The van der Waals surface area contributed by atoms with Crippen LogP contribution < -0.4 is 25.4 Å². The highest BCUT2D eigenvalue weighted by Crippen LogP contribution is 2.41. The second kappa shape index (κ2) is 10.1. The van der Waals surface area contributed by atoms with E-state index in [4.69, 9.17) is 19.6 Å². The van der Waals surface area contributed by atoms with Crippen molar-refractivity contribution in [3.63, 3.8) is 0 Å². The Balaban J connectivity index is 1.58. The van der Waals surface area contributed by atoms with Crippen molar-refractivity contribution in [1.82, 2.24) is 10.3 Å². The monoisotopic (exact) mass is 550 g/mol. The lowest BCUT2D eigenvalue weighted by Crippen LogP contribution is -2.50. The molecule has 2 aliphatic rings. The first-order valence-electron chi connectivity index (χ1n) is 11.1. The van der Waals surface area contributed by atoms with Crippen LogP contribution in [0.15, 0.2) is 81.3 Å². The largest absolute Gasteiger partial charge is 0.493 e. The molecule has 0 aromatic heterocycles. The van der Waals surface area contributed by atoms with Gasteiger partial charge >= 0.3 is 0 Å². The summed E-state index contributed by atoms with van der Waals surface area (Å²) in [6.45, 7) is 2.42. The molecule has 178 valence electrons. The number of hydrogen-bond acceptors (Lipinski definition) is 7. The lowest BCUT2D eigenvalue weighted by Gasteiger charge is -2.34. The molecule has 0 radical (unpaired) electrons. The summed E-state index contributed by atoms with van der Waals surface area (Å²) in [6, 6.07) is 21.4. The third-order valence-corrected chi connectivity index (χ3v) is 6.91. The summed E-state index contributed by atoms with van der Waals surface area (Å²) < 4.78 is 12.5. The minimum Gasteiger partial charge on any atom is -0.493 e. The number of hydrazone groups is 1. The average molecular weight is 551 g/mol. The molecule has 5 rings (SSSR count). The Hall–Kier alpha value is -3.30. The van der Waals surface area contributed by atoms with Crippen LogP contribution >= 0.6 is 27.7 Å². The van der Waals surface area contributed by atoms with Gasteiger partial charge in [0.15, 0.2) is 22.8 Å². The van der Waals surface area contributed by atoms with Gasteiger partial charge in [-0.25, -0.2) is 5.01 Å². The molecule has 0 spiro atoms. The lowest BCUT2D eigenvalue weighted by molar-refractivity contribution is -0.116. The molecule has 1 atom stereocenters. The van der Waals surface area contributed by atoms with Crippen molar-refractivity contribution in [2.24, 2.45) is 10.1 Å². The summed E-state index contributed by atoms with van der Waals surface area (Å²) in [5.41, 5.74) is 2.34. The van der Waals surface area contributed by atoms with Crippen molar-refractivity contribution in [3.8, 4) is 11.5 Å². The number of fused-ring (bicyclic) bond motifs is 2. The molecule has 0 bridgehead atoms. The van der Waals surface area contributed by atoms with Crippen molar-refractivity contribution < 1.29 is 14.3 Å². The van der Waals surface area contributed by atoms with Crippen LogP contribution in [-0.4, -0.2) is 28.9 Å². The van der Waals surface area contributed by atoms with Crippen LogP contribution in [0.2, 0.25) is 0 Å². The first-order valence-corrected chi connectivity index (χ1v) is 12.9. The Labute approximate surface area is 215 Å². The number of amides is 1. The third kappa shape index (κ3) is 4.66. The number of thioether (sulfide) groups is 1. The molecule has 0 unspecified atom stereocenters. The fraction of sp³-hybridized carbons (Fsp3) is 0.192. The number of carbonyl (C=O) groups is 1. The molecular weight excluding hydrogens is 528 g/mol. The normalized spacial score (nSPS) is 16.5. The number of rotatable bonds is 6. The van der Waals surface area contributed by atoms with E-state index >= 15 is 0 Å². The Bertz CT molecular complexity index is 1430. The van der Waals surface area contributed by atoms with E-state index in [1.165, 1.54) is 11.8 Å². The van der Waals surface area contributed by atoms with Crippen molar-refractivity contribution in [2.45, 2.75) is 19.7 Å². The van der Waals surface area contributed by atoms with Gasteiger partial charge in [0.2, 0.25) is 0 Å². The van der Waals surface area contributed by atoms with Gasteiger partial charge in [0, 0.05) is 10.8 Å². The number of ether oxygens (including phenoxy) is 2. The van der Waals surface area contributed by atoms with Crippen LogP contribution in [-0.2, 0) is 11.4 Å². The van der Waals surface area contributed by atoms with Gasteiger partial charge in [0.1, 0.15) is 12.3 Å². The Morgan fingerprint density at radius 1 is 1.11 bits per heavy atom. The van der Waals surface area contributed by atoms with Crippen LogP contribution in [0.5, 0.6) is 11.5 Å². The molecule has 2 aliphatic heterocycles. The summed E-state index contributed by atoms with van der Waals surface area (Å²) in [4.78, 5) is 18.1. The number of para-hydroxylation sites is 1. The fourth-order valence-corrected chi connectivity index (χ4v) is 5.16. The SMILES string of the molecule is CCSC1=NN2C(=c3ccccc3=N[C@@H]2c2cc(Br)c(OCc3ccccc3)c(OC)c2)C(=O)N1. The molecule has 7 nitrogen and oxygen atoms in total. The maximum absolute atomic E-state index is 13.1. The van der Waals surface area contributed by atoms with Crippen LogP contribution in [0.1, 0.15) is 24.2 Å². The zero-order valence-corrected chi connectivity index (χ0v) is 21.6. The molecule has 1 N–H and O–H groups in total. The molecule has 1 amide bonds. The van der Waals surface area contributed by atoms with Gasteiger partial charge in [-0.1, -0.05) is 67.2 Å². The van der Waals surface area contributed by atoms with Gasteiger partial charge in [-0.3, -0.25) is 15.1 Å². The van der Waals surface area contributed by atoms with Gasteiger partial charge in [-0.15, -0.1) is 5.10 Å². The van der Waals surface area contributed by atoms with Crippen LogP contribution in [0.4, 0.5) is 0 Å². The van der Waals surface area contributed by atoms with Crippen molar-refractivity contribution in [2.75, 3.05) is 12.9 Å². The lowest BCUT2D eigenvalue weighted by atomic mass is 10.1. The topological polar surface area (TPSA) is 75.5 Å². The van der Waals surface area contributed by atoms with Gasteiger partial charge in [0.05, 0.1) is 16.9 Å². The van der Waals surface area contributed by atoms with E-state index < -0.39 is 6.17 Å². The average Bonchev–Trinajstić information content (AvgIpc) is 2.87. The zero-order chi connectivity index (χ0) is 24.4. The molecule has 2 heterocycles. The number of carbonyl (C=O) groups excluding carboxylic acids is 1. The highest BCUT2D eigenvalue weighted by molar-refractivity contribution is 9.10. The van der Waals surface area contributed by atoms with Crippen molar-refractivity contribution >= 4 is 44.5 Å². The van der Waals surface area contributed by atoms with Crippen LogP contribution in [0.25, 0.3) is 5.70 Å². The van der Waals surface area contributed by atoms with Gasteiger partial charge in [0.25, 0.3) is 5.91 Å². The molecule has 3 aromatic rings. The highest BCUT2D eigenvalue weighted by atomic mass is 79.9. The van der Waals surface area contributed by atoms with Crippen LogP contribution in [0.3, 0.4) is 0 Å². The van der Waals surface area contributed by atoms with E-state index in [9.17, 15) is 4.79 Å². The number of nitrogens with zero attached hydrogens (tertiary/aromatic N) is 3. The second-order valence-corrected chi connectivity index (χ2v) is 9.92. The Kier molecular flexibility index (Phi) is 6.79. The summed E-state index contributed by atoms with van der Waals surface area (Å²) in [6.07, 6.45) is -0.549. The van der Waals surface area contributed by atoms with E-state index in [2.05, 4.69) is 21.2 Å². The number of nitrogens with one attached hydrogen (secondary N) is 1. The van der Waals surface area contributed by atoms with E-state index in [1.54, 1.807) is 12.1 Å². The third-order valence-electron chi connectivity index (χ3n) is 5.57. The first-order chi connectivity index (χ1) is 17.1. The molecule has 35 heavy (non-hydrogen) atoms. The Morgan fingerprint density at radius 3 is 2.66 bits per heavy atom. The van der Waals surface area contributed by atoms with Crippen molar-refractivity contribution in [1.29, 1.82) is 0 Å². The van der Waals surface area contributed by atoms with Crippen LogP contribution in [0, 0.1) is 0 Å². The van der Waals surface area contributed by atoms with Gasteiger partial charge in [-0.05, 0) is 45.4 Å². The van der Waals surface area contributed by atoms with E-state index in [1.807, 2.05) is 73.7 Å². The maximum Gasteiger partial charge on any atom is 0.276 e. The minimum atomic E-state index is -0.549. The number of hydrogen-bond donors (Lipinski definition) is 1. The predicted molar refractivity (Wildman–Crippen MR) is 140 cm³/mol. The van der Waals surface area contributed by atoms with E-state index in [0.29, 0.717) is 29.0 Å². The number of amidine groups is 1. The summed E-state index contributed by atoms with van der Waals surface area (Å²) >= 11 is 5.13. The van der Waals surface area contributed by atoms with Gasteiger partial charge < -0.3 is 9.47 Å². The molecule has 3 aromatic carbocycles. The molecular formula is C26H23BrN4O3S. The molecule has 0 aliphatic carbocycles. The van der Waals surface area contributed by atoms with Gasteiger partial charge in [-0.2, -0.15) is 0 Å². The Morgan fingerprint density at radius 2 is 1.89 bits per heavy atom. The standard InChI is InChI=1S/C26H23BrN4O3S/c1-3-35-26-29-25(32)22-18-11-7-8-12-20(18)28-24(31(22)30-26)17-13-19(27)23(21(14-17)33-2)34-15-16-9-5-4-6-10-16/h4-14,24H,3,15H2,1-2H3,(H,29,30,32)/t24-/m0/s1. The molecule has 0 saturated heterocycles. The molecule has 9 heteroatoms. The maximum atomic E-state index is 13.1. The minimum absolute atomic E-state index is 0.197. The summed E-state index contributed by atoms with van der Waals surface area (Å²) in [5, 5.41) is 11.4. The second-order valence-electron chi connectivity index (χ2n) is 7.81. The van der Waals surface area contributed by atoms with Crippen molar-refractivity contribution in [3.05, 3.63) is 92.9 Å². The highest BCUT2D eigenvalue weighted by Gasteiger charge is 2.35. The van der Waals surface area contributed by atoms with E-state index in [-0.39, 0.29) is 5.91 Å². The van der Waals surface area contributed by atoms with E-state index in [0.717, 1.165) is 31.9 Å². The molecule has 0 fully saturated rings. The summed E-state index contributed by atoms with van der Waals surface area (Å²) in [5.74, 6) is 1.75. The zero-order valence-electron chi connectivity index (χ0n) is 19.2. The predicted octanol–water partition coefficient (Wildman–Crippen LogP) is 3.93. The quantitative estimate of drug-likeness (QED) is 0.503. The number of methoxy groups -OCH3 is 1. The fourth-order valence-electron chi connectivity index (χ4n) is 4.00. The number of benzene rings is 3. The molecule has 0 saturated carbocycles. The first kappa shape index (κ1) is 23.4.